The van der Waals surface area contributed by atoms with Gasteiger partial charge in [0.15, 0.2) is 0 Å². The maximum absolute atomic E-state index is 12.0. The Hall–Kier alpha value is 0.0900. The quantitative estimate of drug-likeness (QED) is 0.762. The van der Waals surface area contributed by atoms with Crippen molar-refractivity contribution in [2.75, 3.05) is 20.2 Å². The van der Waals surface area contributed by atoms with Crippen molar-refractivity contribution in [2.45, 2.75) is 19.3 Å². The van der Waals surface area contributed by atoms with Crippen molar-refractivity contribution in [3.63, 3.8) is 0 Å². The second kappa shape index (κ2) is 7.51. The number of carbonyl (C=O) groups excluding carboxylic acids is 1. The van der Waals surface area contributed by atoms with Crippen LogP contribution in [0.25, 0.3) is 0 Å². The van der Waals surface area contributed by atoms with E-state index in [2.05, 4.69) is 31.9 Å². The minimum absolute atomic E-state index is 0.0467. The fourth-order valence-corrected chi connectivity index (χ4v) is 3.41. The van der Waals surface area contributed by atoms with Crippen LogP contribution in [0.5, 0.6) is 0 Å². The molecule has 0 saturated heterocycles. The molecule has 0 radical (unpaired) electrons. The lowest BCUT2D eigenvalue weighted by atomic mass is 10.2. The van der Waals surface area contributed by atoms with Gasteiger partial charge in [0.05, 0.1) is 8.66 Å². The van der Waals surface area contributed by atoms with E-state index >= 15 is 0 Å². The van der Waals surface area contributed by atoms with Crippen LogP contribution >= 0.6 is 43.2 Å². The van der Waals surface area contributed by atoms with Crippen LogP contribution in [-0.2, 0) is 0 Å². The molecule has 0 aliphatic rings. The first kappa shape index (κ1) is 15.1. The SMILES string of the molecule is CN(CCCCCO)C(=O)c1cc(Br)c(Br)s1. The third kappa shape index (κ3) is 4.69. The van der Waals surface area contributed by atoms with Gasteiger partial charge in [-0.2, -0.15) is 0 Å². The fourth-order valence-electron chi connectivity index (χ4n) is 1.38. The third-order valence-corrected chi connectivity index (χ3v) is 5.60. The number of hydrogen-bond donors (Lipinski definition) is 1. The van der Waals surface area contributed by atoms with Crippen LogP contribution in [0.4, 0.5) is 0 Å². The molecule has 17 heavy (non-hydrogen) atoms. The van der Waals surface area contributed by atoms with Crippen molar-refractivity contribution in [1.82, 2.24) is 4.90 Å². The normalized spacial score (nSPS) is 10.6. The minimum Gasteiger partial charge on any atom is -0.396 e. The zero-order chi connectivity index (χ0) is 12.8. The van der Waals surface area contributed by atoms with Crippen LogP contribution in [0.2, 0.25) is 0 Å². The molecule has 3 nitrogen and oxygen atoms in total. The lowest BCUT2D eigenvalue weighted by Gasteiger charge is -2.15. The van der Waals surface area contributed by atoms with Crippen LogP contribution in [0.1, 0.15) is 28.9 Å². The van der Waals surface area contributed by atoms with Gasteiger partial charge in [-0.25, -0.2) is 0 Å². The van der Waals surface area contributed by atoms with E-state index in [4.69, 9.17) is 5.11 Å². The molecule has 1 rings (SSSR count). The first-order chi connectivity index (χ1) is 8.06. The summed E-state index contributed by atoms with van der Waals surface area (Å²) >= 11 is 8.18. The van der Waals surface area contributed by atoms with E-state index in [0.717, 1.165) is 38.9 Å². The molecular weight excluding hydrogens is 370 g/mol. The predicted molar refractivity (Wildman–Crippen MR) is 77.6 cm³/mol. The van der Waals surface area contributed by atoms with Gasteiger partial charge in [0, 0.05) is 24.7 Å². The van der Waals surface area contributed by atoms with Crippen LogP contribution in [0, 0.1) is 0 Å². The number of thiophene rings is 1. The van der Waals surface area contributed by atoms with Crippen molar-refractivity contribution in [3.05, 3.63) is 19.2 Å². The first-order valence-electron chi connectivity index (χ1n) is 5.37. The summed E-state index contributed by atoms with van der Waals surface area (Å²) in [7, 11) is 1.81. The maximum Gasteiger partial charge on any atom is 0.263 e. The smallest absolute Gasteiger partial charge is 0.263 e. The Morgan fingerprint density at radius 2 is 2.12 bits per heavy atom. The van der Waals surface area contributed by atoms with E-state index in [-0.39, 0.29) is 12.5 Å². The van der Waals surface area contributed by atoms with E-state index in [1.54, 1.807) is 4.90 Å². The van der Waals surface area contributed by atoms with E-state index in [1.165, 1.54) is 11.3 Å². The molecule has 0 aliphatic carbocycles. The van der Waals surface area contributed by atoms with Gasteiger partial charge in [-0.3, -0.25) is 4.79 Å². The molecule has 0 unspecified atom stereocenters. The Labute approximate surface area is 122 Å². The van der Waals surface area contributed by atoms with Gasteiger partial charge < -0.3 is 10.0 Å². The lowest BCUT2D eigenvalue weighted by molar-refractivity contribution is 0.0797. The summed E-state index contributed by atoms with van der Waals surface area (Å²) in [6.45, 7) is 0.953. The van der Waals surface area contributed by atoms with Gasteiger partial charge in [-0.1, -0.05) is 0 Å². The van der Waals surface area contributed by atoms with Gasteiger partial charge in [0.25, 0.3) is 5.91 Å². The number of halogens is 2. The summed E-state index contributed by atoms with van der Waals surface area (Å²) in [6, 6.07) is 1.83. The molecule has 6 heteroatoms. The molecule has 0 bridgehead atoms. The van der Waals surface area contributed by atoms with Crippen LogP contribution in [-0.4, -0.2) is 36.1 Å². The average molecular weight is 385 g/mol. The molecule has 1 aromatic heterocycles. The molecule has 0 spiro atoms. The Balaban J connectivity index is 2.46. The van der Waals surface area contributed by atoms with Crippen LogP contribution in [0.3, 0.4) is 0 Å². The van der Waals surface area contributed by atoms with E-state index < -0.39 is 0 Å². The summed E-state index contributed by atoms with van der Waals surface area (Å²) < 4.78 is 1.86. The zero-order valence-corrected chi connectivity index (χ0v) is 13.6. The molecule has 0 saturated carbocycles. The number of unbranched alkanes of at least 4 members (excludes halogenated alkanes) is 2. The second-order valence-corrected chi connectivity index (χ2v) is 6.97. The monoisotopic (exact) mass is 383 g/mol. The number of amides is 1. The Bertz CT molecular complexity index is 362. The zero-order valence-electron chi connectivity index (χ0n) is 9.58. The fraction of sp³-hybridized carbons (Fsp3) is 0.545. The van der Waals surface area contributed by atoms with Crippen molar-refractivity contribution >= 4 is 49.1 Å². The standard InChI is InChI=1S/C11H15Br2NO2S/c1-14(5-3-2-4-6-15)11(16)9-7-8(12)10(13)17-9/h7,15H,2-6H2,1H3. The lowest BCUT2D eigenvalue weighted by Crippen LogP contribution is -2.27. The molecular formula is C11H15Br2NO2S. The highest BCUT2D eigenvalue weighted by Gasteiger charge is 2.15. The summed E-state index contributed by atoms with van der Waals surface area (Å²) in [5.41, 5.74) is 0. The van der Waals surface area contributed by atoms with Crippen molar-refractivity contribution in [2.24, 2.45) is 0 Å². The minimum atomic E-state index is 0.0467. The number of carbonyl (C=O) groups is 1. The number of hydrogen-bond acceptors (Lipinski definition) is 3. The van der Waals surface area contributed by atoms with Gasteiger partial charge in [0.1, 0.15) is 0 Å². The Morgan fingerprint density at radius 1 is 1.41 bits per heavy atom. The Kier molecular flexibility index (Phi) is 6.69. The predicted octanol–water partition coefficient (Wildman–Crippen LogP) is 3.51. The molecule has 0 atom stereocenters. The van der Waals surface area contributed by atoms with Gasteiger partial charge >= 0.3 is 0 Å². The van der Waals surface area contributed by atoms with Crippen molar-refractivity contribution in [1.29, 1.82) is 0 Å². The van der Waals surface area contributed by atoms with Crippen molar-refractivity contribution < 1.29 is 9.90 Å². The van der Waals surface area contributed by atoms with E-state index in [9.17, 15) is 4.79 Å². The molecule has 0 aromatic carbocycles. The highest BCUT2D eigenvalue weighted by molar-refractivity contribution is 9.13. The summed E-state index contributed by atoms with van der Waals surface area (Å²) in [6.07, 6.45) is 2.68. The highest BCUT2D eigenvalue weighted by Crippen LogP contribution is 2.32. The summed E-state index contributed by atoms with van der Waals surface area (Å²) in [4.78, 5) is 14.5. The van der Waals surface area contributed by atoms with Gasteiger partial charge in [-0.05, 0) is 57.2 Å². The maximum atomic E-state index is 12.0. The molecule has 1 amide bonds. The molecule has 1 heterocycles. The highest BCUT2D eigenvalue weighted by atomic mass is 79.9. The Morgan fingerprint density at radius 3 is 2.65 bits per heavy atom. The van der Waals surface area contributed by atoms with Crippen LogP contribution in [0.15, 0.2) is 14.3 Å². The van der Waals surface area contributed by atoms with Gasteiger partial charge in [-0.15, -0.1) is 11.3 Å². The molecule has 0 aliphatic heterocycles. The topological polar surface area (TPSA) is 40.5 Å². The van der Waals surface area contributed by atoms with Gasteiger partial charge in [0.2, 0.25) is 0 Å². The largest absolute Gasteiger partial charge is 0.396 e. The molecule has 0 fully saturated rings. The number of nitrogens with zero attached hydrogens (tertiary/aromatic N) is 1. The number of rotatable bonds is 6. The second-order valence-electron chi connectivity index (χ2n) is 3.74. The molecule has 1 aromatic rings. The number of aliphatic hydroxyl groups is 1. The first-order valence-corrected chi connectivity index (χ1v) is 7.77. The van der Waals surface area contributed by atoms with E-state index in [1.807, 2.05) is 13.1 Å². The number of aliphatic hydroxyl groups excluding tert-OH is 1. The third-order valence-electron chi connectivity index (χ3n) is 2.35. The van der Waals surface area contributed by atoms with E-state index in [0.29, 0.717) is 0 Å². The molecule has 1 N–H and O–H groups in total. The summed E-state index contributed by atoms with van der Waals surface area (Å²) in [5.74, 6) is 0.0467. The summed E-state index contributed by atoms with van der Waals surface area (Å²) in [5, 5.41) is 8.66. The van der Waals surface area contributed by atoms with Crippen LogP contribution < -0.4 is 0 Å². The van der Waals surface area contributed by atoms with Crippen molar-refractivity contribution in [3.8, 4) is 0 Å². The average Bonchev–Trinajstić information content (AvgIpc) is 2.64. The molecule has 96 valence electrons.